The molecule has 2 aliphatic heterocycles. The van der Waals surface area contributed by atoms with Gasteiger partial charge in [0.25, 0.3) is 6.47 Å². The van der Waals surface area contributed by atoms with Crippen molar-refractivity contribution in [1.82, 2.24) is 19.8 Å². The normalized spacial score (nSPS) is 19.5. The van der Waals surface area contributed by atoms with Gasteiger partial charge in [-0.2, -0.15) is 15.2 Å². The number of aromatic nitrogens is 2. The van der Waals surface area contributed by atoms with Crippen LogP contribution in [0.25, 0.3) is 22.4 Å². The number of carbonyl (C=O) groups excluding carboxylic acids is 1. The van der Waals surface area contributed by atoms with Crippen LogP contribution in [0.4, 0.5) is 5.82 Å². The maximum Gasteiger partial charge on any atom is 0.318 e. The van der Waals surface area contributed by atoms with Crippen molar-refractivity contribution in [2.45, 2.75) is 44.2 Å². The standard InChI is InChI=1S/C33H35ClN6O2.CH2O2/c1-3-30(41)40-18-17-39(20-24(40)14-15-35)32-27-13-12-23(26-10-4-7-22-8-5-11-28(34)31(22)26)19-29(27)36-33(37-32)42-21-25-9-6-16-38(25)2;2-1-3/h3-5,7-8,10-11,19,24-25H,1,6,9,12-14,16-18,20-21H2,2H3;1H,(H,2,3). The van der Waals surface area contributed by atoms with E-state index in [1.54, 1.807) is 4.90 Å². The number of nitriles is 1. The van der Waals surface area contributed by atoms with E-state index in [-0.39, 0.29) is 24.8 Å². The highest BCUT2D eigenvalue weighted by Gasteiger charge is 2.33. The summed E-state index contributed by atoms with van der Waals surface area (Å²) in [5.41, 5.74) is 4.21. The minimum atomic E-state index is -0.250. The fourth-order valence-electron chi connectivity index (χ4n) is 6.52. The van der Waals surface area contributed by atoms with Crippen molar-refractivity contribution in [3.63, 3.8) is 0 Å². The monoisotopic (exact) mass is 628 g/mol. The van der Waals surface area contributed by atoms with Crippen molar-refractivity contribution in [3.05, 3.63) is 70.9 Å². The van der Waals surface area contributed by atoms with Gasteiger partial charge < -0.3 is 24.5 Å². The Balaban J connectivity index is 0.00000128. The van der Waals surface area contributed by atoms with E-state index in [1.807, 2.05) is 12.1 Å². The molecular formula is C34H37ClN6O4. The Kier molecular flexibility index (Phi) is 10.3. The number of carboxylic acid groups (broad SMARTS) is 1. The van der Waals surface area contributed by atoms with Crippen molar-refractivity contribution < 1.29 is 19.4 Å². The Bertz CT molecular complexity index is 1650. The average molecular weight is 629 g/mol. The van der Waals surface area contributed by atoms with E-state index in [4.69, 9.17) is 36.2 Å². The van der Waals surface area contributed by atoms with Crippen molar-refractivity contribution >= 4 is 52.2 Å². The van der Waals surface area contributed by atoms with Crippen molar-refractivity contribution in [2.24, 2.45) is 0 Å². The molecule has 2 fully saturated rings. The number of piperazine rings is 1. The fourth-order valence-corrected chi connectivity index (χ4v) is 6.80. The van der Waals surface area contributed by atoms with Gasteiger partial charge in [0.2, 0.25) is 5.91 Å². The number of anilines is 1. The molecule has 2 aromatic carbocycles. The molecule has 3 aromatic rings. The molecule has 11 heteroatoms. The molecular weight excluding hydrogens is 592 g/mol. The number of likely N-dealkylation sites (N-methyl/N-ethyl adjacent to an activating group) is 1. The van der Waals surface area contributed by atoms with Gasteiger partial charge in [-0.05, 0) is 74.0 Å². The predicted octanol–water partition coefficient (Wildman–Crippen LogP) is 5.06. The van der Waals surface area contributed by atoms with Crippen molar-refractivity contribution in [3.8, 4) is 12.1 Å². The second-order valence-electron chi connectivity index (χ2n) is 11.4. The summed E-state index contributed by atoms with van der Waals surface area (Å²) in [6.45, 7) is 6.60. The number of fused-ring (bicyclic) bond motifs is 2. The molecule has 3 heterocycles. The van der Waals surface area contributed by atoms with Gasteiger partial charge in [-0.1, -0.05) is 48.5 Å². The Labute approximate surface area is 268 Å². The van der Waals surface area contributed by atoms with Crippen LogP contribution < -0.4 is 9.64 Å². The second-order valence-corrected chi connectivity index (χ2v) is 11.8. The molecule has 1 amide bonds. The van der Waals surface area contributed by atoms with Gasteiger partial charge in [-0.15, -0.1) is 0 Å². The molecule has 0 spiro atoms. The zero-order valence-electron chi connectivity index (χ0n) is 25.4. The van der Waals surface area contributed by atoms with E-state index in [0.717, 1.165) is 70.7 Å². The fraction of sp³-hybridized carbons (Fsp3) is 0.382. The Morgan fingerprint density at radius 3 is 2.67 bits per heavy atom. The number of nitrogens with zero attached hydrogens (tertiary/aromatic N) is 6. The largest absolute Gasteiger partial charge is 0.483 e. The molecule has 0 radical (unpaired) electrons. The third kappa shape index (κ3) is 6.95. The van der Waals surface area contributed by atoms with Crippen LogP contribution in [0.2, 0.25) is 5.02 Å². The summed E-state index contributed by atoms with van der Waals surface area (Å²) < 4.78 is 6.27. The molecule has 2 atom stereocenters. The molecule has 1 aromatic heterocycles. The van der Waals surface area contributed by atoms with E-state index >= 15 is 0 Å². The number of likely N-dealkylation sites (tertiary alicyclic amines) is 1. The van der Waals surface area contributed by atoms with E-state index in [0.29, 0.717) is 38.3 Å². The number of hydrogen-bond acceptors (Lipinski definition) is 8. The van der Waals surface area contributed by atoms with E-state index < -0.39 is 0 Å². The number of carbonyl (C=O) groups is 2. The molecule has 2 saturated heterocycles. The van der Waals surface area contributed by atoms with Crippen LogP contribution in [0.3, 0.4) is 0 Å². The van der Waals surface area contributed by atoms with Crippen LogP contribution in [-0.2, 0) is 16.0 Å². The van der Waals surface area contributed by atoms with Crippen LogP contribution in [-0.4, -0.2) is 89.2 Å². The lowest BCUT2D eigenvalue weighted by Gasteiger charge is -2.41. The molecule has 0 bridgehead atoms. The maximum absolute atomic E-state index is 12.5. The van der Waals surface area contributed by atoms with Gasteiger partial charge in [0.1, 0.15) is 12.4 Å². The Hall–Kier alpha value is -4.46. The van der Waals surface area contributed by atoms with Crippen LogP contribution in [0.1, 0.15) is 42.5 Å². The van der Waals surface area contributed by atoms with Crippen LogP contribution in [0, 0.1) is 11.3 Å². The van der Waals surface area contributed by atoms with E-state index in [2.05, 4.69) is 59.8 Å². The molecule has 2 unspecified atom stereocenters. The zero-order chi connectivity index (χ0) is 31.9. The van der Waals surface area contributed by atoms with Gasteiger partial charge in [0.15, 0.2) is 0 Å². The summed E-state index contributed by atoms with van der Waals surface area (Å²) in [5, 5.41) is 19.3. The first-order chi connectivity index (χ1) is 21.9. The summed E-state index contributed by atoms with van der Waals surface area (Å²) >= 11 is 6.69. The number of benzene rings is 2. The zero-order valence-corrected chi connectivity index (χ0v) is 26.1. The highest BCUT2D eigenvalue weighted by atomic mass is 35.5. The van der Waals surface area contributed by atoms with Gasteiger partial charge in [0, 0.05) is 41.6 Å². The summed E-state index contributed by atoms with van der Waals surface area (Å²) in [6, 6.07) is 15.0. The molecule has 1 N–H and O–H groups in total. The SMILES string of the molecule is C=CC(=O)N1CCN(c2nc(OCC3CCCN3C)nc3c2CCC(c2cccc4cccc(Cl)c24)=C3)CC1CC#N.O=CO. The number of allylic oxidation sites excluding steroid dienone is 1. The average Bonchev–Trinajstić information content (AvgIpc) is 3.47. The topological polar surface area (TPSA) is 123 Å². The maximum atomic E-state index is 12.5. The first kappa shape index (κ1) is 31.9. The van der Waals surface area contributed by atoms with Gasteiger partial charge in [-0.25, -0.2) is 0 Å². The smallest absolute Gasteiger partial charge is 0.318 e. The lowest BCUT2D eigenvalue weighted by Crippen LogP contribution is -2.55. The third-order valence-electron chi connectivity index (χ3n) is 8.80. The molecule has 3 aliphatic rings. The van der Waals surface area contributed by atoms with E-state index in [1.165, 1.54) is 11.6 Å². The first-order valence-corrected chi connectivity index (χ1v) is 15.5. The quantitative estimate of drug-likeness (QED) is 0.282. The highest BCUT2D eigenvalue weighted by Crippen LogP contribution is 2.39. The van der Waals surface area contributed by atoms with E-state index in [9.17, 15) is 10.1 Å². The Morgan fingerprint density at radius 1 is 1.18 bits per heavy atom. The number of amides is 1. The summed E-state index contributed by atoms with van der Waals surface area (Å²) in [7, 11) is 2.13. The van der Waals surface area contributed by atoms with Crippen molar-refractivity contribution in [2.75, 3.05) is 44.7 Å². The minimum absolute atomic E-state index is 0.148. The van der Waals surface area contributed by atoms with Gasteiger partial charge in [-0.3, -0.25) is 9.59 Å². The molecule has 45 heavy (non-hydrogen) atoms. The number of rotatable bonds is 7. The predicted molar refractivity (Wildman–Crippen MR) is 175 cm³/mol. The van der Waals surface area contributed by atoms with Crippen LogP contribution in [0.15, 0.2) is 49.1 Å². The van der Waals surface area contributed by atoms with Gasteiger partial charge >= 0.3 is 6.01 Å². The lowest BCUT2D eigenvalue weighted by molar-refractivity contribution is -0.128. The third-order valence-corrected chi connectivity index (χ3v) is 9.11. The second kappa shape index (κ2) is 14.5. The first-order valence-electron chi connectivity index (χ1n) is 15.1. The number of ether oxygens (including phenoxy) is 1. The van der Waals surface area contributed by atoms with Crippen LogP contribution in [0.5, 0.6) is 6.01 Å². The number of halogens is 1. The molecule has 6 rings (SSSR count). The number of hydrogen-bond donors (Lipinski definition) is 1. The molecule has 0 saturated carbocycles. The van der Waals surface area contributed by atoms with Crippen LogP contribution >= 0.6 is 11.6 Å². The summed E-state index contributed by atoms with van der Waals surface area (Å²) in [6.07, 6.45) is 7.55. The summed E-state index contributed by atoms with van der Waals surface area (Å²) in [5.74, 6) is 0.681. The molecule has 10 nitrogen and oxygen atoms in total. The van der Waals surface area contributed by atoms with Gasteiger partial charge in [0.05, 0.1) is 24.2 Å². The highest BCUT2D eigenvalue weighted by molar-refractivity contribution is 6.36. The Morgan fingerprint density at radius 2 is 1.96 bits per heavy atom. The molecule has 1 aliphatic carbocycles. The molecule has 234 valence electrons. The van der Waals surface area contributed by atoms with Crippen molar-refractivity contribution in [1.29, 1.82) is 5.26 Å². The lowest BCUT2D eigenvalue weighted by atomic mass is 9.88. The summed E-state index contributed by atoms with van der Waals surface area (Å²) in [4.78, 5) is 37.0. The minimum Gasteiger partial charge on any atom is -0.483 e.